The molecule has 0 fully saturated rings. The topological polar surface area (TPSA) is 55.2 Å². The summed E-state index contributed by atoms with van der Waals surface area (Å²) in [5.41, 5.74) is 0. The number of aromatic hydroxyl groups is 1. The van der Waals surface area contributed by atoms with E-state index < -0.39 is 0 Å². The molecule has 1 aromatic carbocycles. The number of benzene rings is 1. The number of phenols is 1. The summed E-state index contributed by atoms with van der Waals surface area (Å²) in [6, 6.07) is 8.71. The van der Waals surface area contributed by atoms with Crippen LogP contribution in [0.25, 0.3) is 0 Å². The zero-order chi connectivity index (χ0) is 5.11. The van der Waals surface area contributed by atoms with Crippen molar-refractivity contribution in [3.8, 4) is 5.75 Å². The van der Waals surface area contributed by atoms with Gasteiger partial charge in [0, 0.05) is 17.1 Å². The van der Waals surface area contributed by atoms with Gasteiger partial charge in [-0.05, 0) is 12.1 Å². The van der Waals surface area contributed by atoms with E-state index in [0.717, 1.165) is 0 Å². The van der Waals surface area contributed by atoms with Crippen LogP contribution in [0.1, 0.15) is 0 Å². The molecule has 0 heterocycles. The molecule has 3 heteroatoms. The SMILES string of the molecule is N.Oc1ccccc1.[Fe]. The number of rotatable bonds is 0. The van der Waals surface area contributed by atoms with Crippen molar-refractivity contribution in [1.29, 1.82) is 0 Å². The summed E-state index contributed by atoms with van der Waals surface area (Å²) in [5.74, 6) is 0.322. The van der Waals surface area contributed by atoms with Crippen molar-refractivity contribution in [3.05, 3.63) is 30.3 Å². The third kappa shape index (κ3) is 4.03. The maximum absolute atomic E-state index is 8.63. The van der Waals surface area contributed by atoms with Crippen LogP contribution in [0, 0.1) is 0 Å². The summed E-state index contributed by atoms with van der Waals surface area (Å²) in [7, 11) is 0. The van der Waals surface area contributed by atoms with Gasteiger partial charge in [-0.1, -0.05) is 18.2 Å². The number of hydrogen-bond donors (Lipinski definition) is 2. The van der Waals surface area contributed by atoms with Gasteiger partial charge in [-0.15, -0.1) is 0 Å². The number of para-hydroxylation sites is 1. The quantitative estimate of drug-likeness (QED) is 0.576. The van der Waals surface area contributed by atoms with Crippen molar-refractivity contribution in [2.45, 2.75) is 0 Å². The van der Waals surface area contributed by atoms with Crippen LogP contribution in [0.2, 0.25) is 0 Å². The van der Waals surface area contributed by atoms with Crippen LogP contribution < -0.4 is 6.15 Å². The molecular formula is C6H9FeNO. The Hall–Kier alpha value is -0.501. The molecule has 0 aromatic heterocycles. The van der Waals surface area contributed by atoms with Crippen LogP contribution in [0.3, 0.4) is 0 Å². The van der Waals surface area contributed by atoms with Crippen LogP contribution >= 0.6 is 0 Å². The molecule has 0 saturated carbocycles. The maximum atomic E-state index is 8.63. The zero-order valence-corrected chi connectivity index (χ0v) is 6.00. The van der Waals surface area contributed by atoms with Crippen molar-refractivity contribution >= 4 is 0 Å². The molecule has 0 unspecified atom stereocenters. The fraction of sp³-hybridized carbons (Fsp3) is 0. The van der Waals surface area contributed by atoms with E-state index in [1.54, 1.807) is 24.3 Å². The Balaban J connectivity index is 0. The van der Waals surface area contributed by atoms with Gasteiger partial charge in [-0.3, -0.25) is 0 Å². The molecule has 52 valence electrons. The Bertz CT molecular complexity index is 143. The second-order valence-electron chi connectivity index (χ2n) is 1.34. The van der Waals surface area contributed by atoms with Gasteiger partial charge in [0.25, 0.3) is 0 Å². The minimum Gasteiger partial charge on any atom is -0.508 e. The van der Waals surface area contributed by atoms with Gasteiger partial charge in [0.15, 0.2) is 0 Å². The fourth-order valence-corrected chi connectivity index (χ4v) is 0.428. The predicted octanol–water partition coefficient (Wildman–Crippen LogP) is 1.55. The van der Waals surface area contributed by atoms with E-state index in [4.69, 9.17) is 5.11 Å². The molecule has 0 spiro atoms. The molecule has 1 aromatic rings. The van der Waals surface area contributed by atoms with Gasteiger partial charge in [-0.25, -0.2) is 0 Å². The van der Waals surface area contributed by atoms with Crippen LogP contribution in [0.15, 0.2) is 30.3 Å². The Kier molecular flexibility index (Phi) is 7.08. The van der Waals surface area contributed by atoms with Crippen molar-refractivity contribution in [3.63, 3.8) is 0 Å². The van der Waals surface area contributed by atoms with Gasteiger partial charge in [0.2, 0.25) is 0 Å². The van der Waals surface area contributed by atoms with E-state index in [9.17, 15) is 0 Å². The summed E-state index contributed by atoms with van der Waals surface area (Å²) < 4.78 is 0. The van der Waals surface area contributed by atoms with Gasteiger partial charge in [-0.2, -0.15) is 0 Å². The van der Waals surface area contributed by atoms with Crippen molar-refractivity contribution in [2.75, 3.05) is 0 Å². The first-order valence-electron chi connectivity index (χ1n) is 2.13. The molecular weight excluding hydrogens is 158 g/mol. The average molecular weight is 167 g/mol. The van der Waals surface area contributed by atoms with Crippen molar-refractivity contribution in [2.24, 2.45) is 0 Å². The summed E-state index contributed by atoms with van der Waals surface area (Å²) in [5, 5.41) is 8.63. The van der Waals surface area contributed by atoms with Crippen molar-refractivity contribution < 1.29 is 22.2 Å². The Morgan fingerprint density at radius 2 is 1.44 bits per heavy atom. The van der Waals surface area contributed by atoms with E-state index in [2.05, 4.69) is 0 Å². The van der Waals surface area contributed by atoms with Crippen LogP contribution in [-0.4, -0.2) is 5.11 Å². The van der Waals surface area contributed by atoms with Gasteiger partial charge >= 0.3 is 0 Å². The Morgan fingerprint density at radius 3 is 1.67 bits per heavy atom. The van der Waals surface area contributed by atoms with E-state index in [-0.39, 0.29) is 23.2 Å². The van der Waals surface area contributed by atoms with Gasteiger partial charge in [0.1, 0.15) is 5.75 Å². The van der Waals surface area contributed by atoms with E-state index >= 15 is 0 Å². The molecule has 0 radical (unpaired) electrons. The molecule has 1 rings (SSSR count). The molecule has 0 aliphatic heterocycles. The summed E-state index contributed by atoms with van der Waals surface area (Å²) in [6.07, 6.45) is 0. The molecule has 0 aliphatic carbocycles. The molecule has 0 saturated heterocycles. The number of hydrogen-bond acceptors (Lipinski definition) is 2. The van der Waals surface area contributed by atoms with E-state index in [1.165, 1.54) is 0 Å². The minimum atomic E-state index is 0. The first-order valence-corrected chi connectivity index (χ1v) is 2.13. The largest absolute Gasteiger partial charge is 0.508 e. The molecule has 0 bridgehead atoms. The first kappa shape index (κ1) is 11.3. The molecule has 0 atom stereocenters. The van der Waals surface area contributed by atoms with Gasteiger partial charge < -0.3 is 11.3 Å². The molecule has 0 aliphatic rings. The first-order chi connectivity index (χ1) is 3.39. The standard InChI is InChI=1S/C6H6O.Fe.H3N/c7-6-4-2-1-3-5-6;;/h1-5,7H;;1H3. The van der Waals surface area contributed by atoms with E-state index in [0.29, 0.717) is 5.75 Å². The fourth-order valence-electron chi connectivity index (χ4n) is 0.428. The molecule has 0 amide bonds. The minimum absolute atomic E-state index is 0. The van der Waals surface area contributed by atoms with Gasteiger partial charge in [0.05, 0.1) is 0 Å². The average Bonchev–Trinajstić information content (AvgIpc) is 1.69. The zero-order valence-electron chi connectivity index (χ0n) is 4.89. The second kappa shape index (κ2) is 5.63. The summed E-state index contributed by atoms with van der Waals surface area (Å²) >= 11 is 0. The number of phenolic OH excluding ortho intramolecular Hbond substituents is 1. The van der Waals surface area contributed by atoms with Crippen molar-refractivity contribution in [1.82, 2.24) is 6.15 Å². The molecule has 2 nitrogen and oxygen atoms in total. The molecule has 9 heavy (non-hydrogen) atoms. The summed E-state index contributed by atoms with van der Waals surface area (Å²) in [4.78, 5) is 0. The monoisotopic (exact) mass is 167 g/mol. The molecule has 4 N–H and O–H groups in total. The maximum Gasteiger partial charge on any atom is 0.115 e. The predicted molar refractivity (Wildman–Crippen MR) is 33.1 cm³/mol. The third-order valence-electron chi connectivity index (χ3n) is 0.756. The Morgan fingerprint density at radius 1 is 1.00 bits per heavy atom. The van der Waals surface area contributed by atoms with Crippen LogP contribution in [0.5, 0.6) is 5.75 Å². The Labute approximate surface area is 65.0 Å². The van der Waals surface area contributed by atoms with E-state index in [1.807, 2.05) is 6.07 Å². The summed E-state index contributed by atoms with van der Waals surface area (Å²) in [6.45, 7) is 0. The van der Waals surface area contributed by atoms with Crippen LogP contribution in [-0.2, 0) is 17.1 Å². The second-order valence-corrected chi connectivity index (χ2v) is 1.34. The third-order valence-corrected chi connectivity index (χ3v) is 0.756. The normalized spacial score (nSPS) is 6.67. The van der Waals surface area contributed by atoms with Crippen LogP contribution in [0.4, 0.5) is 0 Å². The smallest absolute Gasteiger partial charge is 0.115 e.